The third-order valence-electron chi connectivity index (χ3n) is 4.01. The first-order valence-corrected chi connectivity index (χ1v) is 7.76. The van der Waals surface area contributed by atoms with E-state index in [0.29, 0.717) is 6.04 Å². The molecule has 0 N–H and O–H groups in total. The maximum absolute atomic E-state index is 3.50. The van der Waals surface area contributed by atoms with Gasteiger partial charge in [-0.1, -0.05) is 60.4 Å². The van der Waals surface area contributed by atoms with E-state index in [0.717, 1.165) is 12.0 Å². The first-order chi connectivity index (χ1) is 10.4. The average molecular weight is 275 g/mol. The fraction of sp³-hybridized carbons (Fsp3) is 0.300. The summed E-state index contributed by atoms with van der Waals surface area (Å²) in [7, 11) is 0. The molecule has 1 nitrogen and oxygen atoms in total. The van der Waals surface area contributed by atoms with Crippen molar-refractivity contribution in [2.75, 3.05) is 13.1 Å². The highest BCUT2D eigenvalue weighted by Crippen LogP contribution is 2.15. The Morgan fingerprint density at radius 1 is 0.857 bits per heavy atom. The van der Waals surface area contributed by atoms with Gasteiger partial charge in [0.1, 0.15) is 0 Å². The van der Waals surface area contributed by atoms with Gasteiger partial charge in [-0.25, -0.2) is 0 Å². The van der Waals surface area contributed by atoms with E-state index >= 15 is 0 Å². The summed E-state index contributed by atoms with van der Waals surface area (Å²) in [6.45, 7) is 2.36. The van der Waals surface area contributed by atoms with Crippen LogP contribution in [0.25, 0.3) is 0 Å². The van der Waals surface area contributed by atoms with Gasteiger partial charge in [0.05, 0.1) is 6.04 Å². The second-order valence-electron chi connectivity index (χ2n) is 5.58. The molecule has 0 amide bonds. The normalized spacial score (nSPS) is 16.2. The van der Waals surface area contributed by atoms with Crippen LogP contribution in [0.1, 0.15) is 24.0 Å². The van der Waals surface area contributed by atoms with Gasteiger partial charge in [-0.05, 0) is 50.0 Å². The van der Waals surface area contributed by atoms with Gasteiger partial charge < -0.3 is 0 Å². The number of hydrogen-bond donors (Lipinski definition) is 0. The van der Waals surface area contributed by atoms with Crippen LogP contribution in [0.5, 0.6) is 0 Å². The summed E-state index contributed by atoms with van der Waals surface area (Å²) in [6, 6.07) is 21.3. The Kier molecular flexibility index (Phi) is 4.71. The molecule has 1 atom stereocenters. The Morgan fingerprint density at radius 3 is 2.14 bits per heavy atom. The Balaban J connectivity index is 1.78. The van der Waals surface area contributed by atoms with E-state index in [1.165, 1.54) is 31.5 Å². The molecular weight excluding hydrogens is 254 g/mol. The molecule has 1 aliphatic rings. The van der Waals surface area contributed by atoms with Crippen molar-refractivity contribution in [2.45, 2.75) is 25.3 Å². The van der Waals surface area contributed by atoms with Crippen molar-refractivity contribution in [3.05, 3.63) is 71.8 Å². The van der Waals surface area contributed by atoms with Crippen molar-refractivity contribution in [3.8, 4) is 11.8 Å². The average Bonchev–Trinajstić information content (AvgIpc) is 3.08. The molecule has 0 bridgehead atoms. The fourth-order valence-electron chi connectivity index (χ4n) is 2.85. The van der Waals surface area contributed by atoms with Crippen LogP contribution in [0.2, 0.25) is 0 Å². The van der Waals surface area contributed by atoms with Gasteiger partial charge in [0.25, 0.3) is 0 Å². The minimum atomic E-state index is 0.329. The number of rotatable bonds is 3. The predicted molar refractivity (Wildman–Crippen MR) is 88.1 cm³/mol. The van der Waals surface area contributed by atoms with E-state index in [-0.39, 0.29) is 0 Å². The second kappa shape index (κ2) is 7.11. The Labute approximate surface area is 127 Å². The van der Waals surface area contributed by atoms with Crippen molar-refractivity contribution < 1.29 is 0 Å². The Bertz CT molecular complexity index is 601. The molecule has 1 unspecified atom stereocenters. The van der Waals surface area contributed by atoms with Crippen molar-refractivity contribution in [1.82, 2.24) is 4.90 Å². The van der Waals surface area contributed by atoms with Crippen LogP contribution in [-0.4, -0.2) is 24.0 Å². The SMILES string of the molecule is C(#CC(Cc1ccccc1)N1CCCC1)c1ccccc1. The summed E-state index contributed by atoms with van der Waals surface area (Å²) in [5, 5.41) is 0. The van der Waals surface area contributed by atoms with Gasteiger partial charge in [-0.3, -0.25) is 4.90 Å². The number of likely N-dealkylation sites (tertiary alicyclic amines) is 1. The molecule has 0 aromatic heterocycles. The zero-order valence-electron chi connectivity index (χ0n) is 12.3. The molecule has 1 fully saturated rings. The topological polar surface area (TPSA) is 3.24 Å². The first-order valence-electron chi connectivity index (χ1n) is 7.76. The van der Waals surface area contributed by atoms with Crippen LogP contribution in [-0.2, 0) is 6.42 Å². The summed E-state index contributed by atoms with van der Waals surface area (Å²) in [4.78, 5) is 2.53. The van der Waals surface area contributed by atoms with Crippen molar-refractivity contribution in [1.29, 1.82) is 0 Å². The monoisotopic (exact) mass is 275 g/mol. The predicted octanol–water partition coefficient (Wildman–Crippen LogP) is 3.75. The van der Waals surface area contributed by atoms with Crippen LogP contribution < -0.4 is 0 Å². The van der Waals surface area contributed by atoms with Crippen LogP contribution in [0.3, 0.4) is 0 Å². The third-order valence-corrected chi connectivity index (χ3v) is 4.01. The van der Waals surface area contributed by atoms with Crippen LogP contribution >= 0.6 is 0 Å². The lowest BCUT2D eigenvalue weighted by molar-refractivity contribution is 0.290. The van der Waals surface area contributed by atoms with Gasteiger partial charge in [-0.15, -0.1) is 0 Å². The zero-order chi connectivity index (χ0) is 14.3. The lowest BCUT2D eigenvalue weighted by Crippen LogP contribution is -2.33. The fourth-order valence-corrected chi connectivity index (χ4v) is 2.85. The first kappa shape index (κ1) is 13.9. The number of benzene rings is 2. The molecular formula is C20H21N. The number of hydrogen-bond acceptors (Lipinski definition) is 1. The molecule has 0 aliphatic carbocycles. The molecule has 2 aromatic rings. The van der Waals surface area contributed by atoms with Crippen molar-refractivity contribution in [2.24, 2.45) is 0 Å². The highest BCUT2D eigenvalue weighted by atomic mass is 15.2. The summed E-state index contributed by atoms with van der Waals surface area (Å²) >= 11 is 0. The maximum Gasteiger partial charge on any atom is 0.0759 e. The molecule has 1 saturated heterocycles. The minimum Gasteiger partial charge on any atom is -0.290 e. The quantitative estimate of drug-likeness (QED) is 0.771. The Hall–Kier alpha value is -2.04. The Morgan fingerprint density at radius 2 is 1.48 bits per heavy atom. The molecule has 2 aromatic carbocycles. The van der Waals surface area contributed by atoms with Crippen molar-refractivity contribution >= 4 is 0 Å². The third kappa shape index (κ3) is 3.97. The zero-order valence-corrected chi connectivity index (χ0v) is 12.3. The van der Waals surface area contributed by atoms with Gasteiger partial charge in [-0.2, -0.15) is 0 Å². The summed E-state index contributed by atoms with van der Waals surface area (Å²) in [5.74, 6) is 6.85. The van der Waals surface area contributed by atoms with E-state index in [1.54, 1.807) is 0 Å². The number of nitrogens with zero attached hydrogens (tertiary/aromatic N) is 1. The molecule has 3 rings (SSSR count). The highest BCUT2D eigenvalue weighted by molar-refractivity contribution is 5.35. The molecule has 106 valence electrons. The molecule has 0 spiro atoms. The van der Waals surface area contributed by atoms with E-state index in [1.807, 2.05) is 18.2 Å². The molecule has 0 radical (unpaired) electrons. The van der Waals surface area contributed by atoms with Gasteiger partial charge in [0, 0.05) is 5.56 Å². The second-order valence-corrected chi connectivity index (χ2v) is 5.58. The highest BCUT2D eigenvalue weighted by Gasteiger charge is 2.20. The molecule has 21 heavy (non-hydrogen) atoms. The van der Waals surface area contributed by atoms with E-state index in [4.69, 9.17) is 0 Å². The summed E-state index contributed by atoms with van der Waals surface area (Å²) in [5.41, 5.74) is 2.48. The standard InChI is InChI=1S/C20H21N/c1-3-9-18(10-4-1)13-14-20(21-15-7-8-16-21)17-19-11-5-2-6-12-19/h1-6,9-12,20H,7-8,15-17H2. The molecule has 1 heteroatoms. The summed E-state index contributed by atoms with van der Waals surface area (Å²) in [6.07, 6.45) is 3.62. The molecule has 1 heterocycles. The van der Waals surface area contributed by atoms with Crippen molar-refractivity contribution in [3.63, 3.8) is 0 Å². The molecule has 1 aliphatic heterocycles. The minimum absolute atomic E-state index is 0.329. The van der Waals surface area contributed by atoms with Crippen LogP contribution in [0.4, 0.5) is 0 Å². The van der Waals surface area contributed by atoms with Gasteiger partial charge in [0.2, 0.25) is 0 Å². The van der Waals surface area contributed by atoms with Gasteiger partial charge in [0.15, 0.2) is 0 Å². The van der Waals surface area contributed by atoms with Gasteiger partial charge >= 0.3 is 0 Å². The smallest absolute Gasteiger partial charge is 0.0759 e. The lowest BCUT2D eigenvalue weighted by atomic mass is 10.0. The van der Waals surface area contributed by atoms with Crippen LogP contribution in [0.15, 0.2) is 60.7 Å². The lowest BCUT2D eigenvalue weighted by Gasteiger charge is -2.22. The van der Waals surface area contributed by atoms with E-state index in [2.05, 4.69) is 59.2 Å². The summed E-state index contributed by atoms with van der Waals surface area (Å²) < 4.78 is 0. The van der Waals surface area contributed by atoms with Crippen LogP contribution in [0, 0.1) is 11.8 Å². The largest absolute Gasteiger partial charge is 0.290 e. The van der Waals surface area contributed by atoms with E-state index < -0.39 is 0 Å². The van der Waals surface area contributed by atoms with E-state index in [9.17, 15) is 0 Å². The molecule has 0 saturated carbocycles. The maximum atomic E-state index is 3.50.